The summed E-state index contributed by atoms with van der Waals surface area (Å²) in [5, 5.41) is 4.56. The molecule has 3 heteroatoms. The van der Waals surface area contributed by atoms with Crippen LogP contribution in [-0.2, 0) is 6.42 Å². The molecule has 1 aromatic carbocycles. The summed E-state index contributed by atoms with van der Waals surface area (Å²) in [6.45, 7) is 5.31. The van der Waals surface area contributed by atoms with Gasteiger partial charge in [-0.15, -0.1) is 0 Å². The van der Waals surface area contributed by atoms with Crippen LogP contribution in [0, 0.1) is 12.8 Å². The van der Waals surface area contributed by atoms with Gasteiger partial charge in [-0.3, -0.25) is 0 Å². The van der Waals surface area contributed by atoms with Gasteiger partial charge in [0.2, 0.25) is 0 Å². The van der Waals surface area contributed by atoms with Gasteiger partial charge in [0.1, 0.15) is 0 Å². The van der Waals surface area contributed by atoms with E-state index in [1.54, 1.807) is 0 Å². The third kappa shape index (κ3) is 3.66. The van der Waals surface area contributed by atoms with E-state index >= 15 is 0 Å². The lowest BCUT2D eigenvalue weighted by molar-refractivity contribution is 0.387. The van der Waals surface area contributed by atoms with Gasteiger partial charge in [0.15, 0.2) is 0 Å². The maximum Gasteiger partial charge on any atom is 0.0441 e. The van der Waals surface area contributed by atoms with Gasteiger partial charge in [0.25, 0.3) is 0 Å². The third-order valence-electron chi connectivity index (χ3n) is 3.65. The van der Waals surface area contributed by atoms with Crippen molar-refractivity contribution in [2.75, 3.05) is 18.1 Å². The molecule has 1 aliphatic rings. The Hall–Kier alpha value is -0.180. The molecular formula is C15H22ClNS. The van der Waals surface area contributed by atoms with Crippen molar-refractivity contribution in [3.63, 3.8) is 0 Å². The van der Waals surface area contributed by atoms with Crippen LogP contribution >= 0.6 is 23.4 Å². The zero-order valence-corrected chi connectivity index (χ0v) is 12.8. The van der Waals surface area contributed by atoms with Crippen molar-refractivity contribution in [3.05, 3.63) is 34.3 Å². The Labute approximate surface area is 120 Å². The summed E-state index contributed by atoms with van der Waals surface area (Å²) >= 11 is 8.43. The quantitative estimate of drug-likeness (QED) is 0.879. The minimum atomic E-state index is 0.574. The van der Waals surface area contributed by atoms with E-state index in [0.717, 1.165) is 23.9 Å². The second-order valence-corrected chi connectivity index (χ2v) is 6.64. The molecule has 1 aromatic rings. The molecule has 1 N–H and O–H groups in total. The number of hydrogen-bond acceptors (Lipinski definition) is 2. The average Bonchev–Trinajstić information content (AvgIpc) is 2.85. The SMILES string of the molecule is CCNC(Cc1ccc(C)cc1Cl)C1CCSC1. The van der Waals surface area contributed by atoms with Crippen LogP contribution in [0.1, 0.15) is 24.5 Å². The maximum atomic E-state index is 6.35. The second kappa shape index (κ2) is 6.83. The van der Waals surface area contributed by atoms with E-state index in [-0.39, 0.29) is 0 Å². The molecule has 0 amide bonds. The lowest BCUT2D eigenvalue weighted by Crippen LogP contribution is -2.38. The van der Waals surface area contributed by atoms with Crippen LogP contribution < -0.4 is 5.32 Å². The first-order valence-corrected chi connectivity index (χ1v) is 8.30. The van der Waals surface area contributed by atoms with E-state index in [2.05, 4.69) is 49.1 Å². The fourth-order valence-corrected chi connectivity index (χ4v) is 4.24. The van der Waals surface area contributed by atoms with Crippen LogP contribution in [0.2, 0.25) is 5.02 Å². The Bertz CT molecular complexity index is 388. The van der Waals surface area contributed by atoms with Gasteiger partial charge in [-0.05, 0) is 60.9 Å². The van der Waals surface area contributed by atoms with Crippen molar-refractivity contribution in [1.29, 1.82) is 0 Å². The standard InChI is InChI=1S/C15H22ClNS/c1-3-17-15(13-6-7-18-10-13)9-12-5-4-11(2)8-14(12)16/h4-5,8,13,15,17H,3,6-7,9-10H2,1-2H3. The molecule has 1 aliphatic heterocycles. The van der Waals surface area contributed by atoms with Crippen LogP contribution in [0.25, 0.3) is 0 Å². The van der Waals surface area contributed by atoms with Gasteiger partial charge in [-0.1, -0.05) is 30.7 Å². The minimum Gasteiger partial charge on any atom is -0.314 e. The second-order valence-electron chi connectivity index (χ2n) is 5.09. The highest BCUT2D eigenvalue weighted by molar-refractivity contribution is 7.99. The zero-order valence-electron chi connectivity index (χ0n) is 11.2. The largest absolute Gasteiger partial charge is 0.314 e. The minimum absolute atomic E-state index is 0.574. The predicted molar refractivity (Wildman–Crippen MR) is 82.8 cm³/mol. The number of likely N-dealkylation sites (N-methyl/N-ethyl adjacent to an activating group) is 1. The molecule has 1 fully saturated rings. The number of benzene rings is 1. The number of thioether (sulfide) groups is 1. The molecule has 100 valence electrons. The summed E-state index contributed by atoms with van der Waals surface area (Å²) in [6.07, 6.45) is 2.39. The molecule has 2 unspecified atom stereocenters. The smallest absolute Gasteiger partial charge is 0.0441 e. The van der Waals surface area contributed by atoms with Crippen molar-refractivity contribution < 1.29 is 0 Å². The molecule has 2 rings (SSSR count). The normalized spacial score (nSPS) is 21.2. The average molecular weight is 284 g/mol. The van der Waals surface area contributed by atoms with Gasteiger partial charge in [-0.2, -0.15) is 11.8 Å². The van der Waals surface area contributed by atoms with Crippen molar-refractivity contribution in [2.24, 2.45) is 5.92 Å². The highest BCUT2D eigenvalue weighted by atomic mass is 35.5. The fourth-order valence-electron chi connectivity index (χ4n) is 2.59. The lowest BCUT2D eigenvalue weighted by atomic mass is 9.92. The van der Waals surface area contributed by atoms with Crippen LogP contribution in [0.4, 0.5) is 0 Å². The summed E-state index contributed by atoms with van der Waals surface area (Å²) in [6, 6.07) is 6.99. The molecule has 1 nitrogen and oxygen atoms in total. The molecule has 0 aliphatic carbocycles. The van der Waals surface area contributed by atoms with Crippen LogP contribution in [0.5, 0.6) is 0 Å². The highest BCUT2D eigenvalue weighted by Gasteiger charge is 2.25. The summed E-state index contributed by atoms with van der Waals surface area (Å²) in [7, 11) is 0. The Morgan fingerprint density at radius 1 is 1.50 bits per heavy atom. The van der Waals surface area contributed by atoms with Crippen LogP contribution in [0.15, 0.2) is 18.2 Å². The van der Waals surface area contributed by atoms with Crippen molar-refractivity contribution >= 4 is 23.4 Å². The van der Waals surface area contributed by atoms with Crippen LogP contribution in [0.3, 0.4) is 0 Å². The number of halogens is 1. The number of rotatable bonds is 5. The number of hydrogen-bond donors (Lipinski definition) is 1. The molecule has 1 saturated heterocycles. The Kier molecular flexibility index (Phi) is 5.40. The van der Waals surface area contributed by atoms with Crippen molar-refractivity contribution in [1.82, 2.24) is 5.32 Å². The van der Waals surface area contributed by atoms with Crippen molar-refractivity contribution in [3.8, 4) is 0 Å². The van der Waals surface area contributed by atoms with Crippen LogP contribution in [-0.4, -0.2) is 24.1 Å². The fraction of sp³-hybridized carbons (Fsp3) is 0.600. The first-order valence-electron chi connectivity index (χ1n) is 6.77. The molecule has 2 atom stereocenters. The van der Waals surface area contributed by atoms with E-state index in [9.17, 15) is 0 Å². The summed E-state index contributed by atoms with van der Waals surface area (Å²) < 4.78 is 0. The van der Waals surface area contributed by atoms with E-state index in [1.165, 1.54) is 29.1 Å². The van der Waals surface area contributed by atoms with Gasteiger partial charge in [-0.25, -0.2) is 0 Å². The van der Waals surface area contributed by atoms with Gasteiger partial charge >= 0.3 is 0 Å². The first-order chi connectivity index (χ1) is 8.70. The summed E-state index contributed by atoms with van der Waals surface area (Å²) in [5.74, 6) is 3.40. The third-order valence-corrected chi connectivity index (χ3v) is 5.19. The van der Waals surface area contributed by atoms with Gasteiger partial charge < -0.3 is 5.32 Å². The molecule has 0 aromatic heterocycles. The predicted octanol–water partition coefficient (Wildman–Crippen LogP) is 3.92. The Morgan fingerprint density at radius 2 is 2.33 bits per heavy atom. The van der Waals surface area contributed by atoms with Gasteiger partial charge in [0, 0.05) is 11.1 Å². The summed E-state index contributed by atoms with van der Waals surface area (Å²) in [5.41, 5.74) is 2.52. The number of aryl methyl sites for hydroxylation is 1. The van der Waals surface area contributed by atoms with Crippen molar-refractivity contribution in [2.45, 2.75) is 32.7 Å². The van der Waals surface area contributed by atoms with E-state index in [1.807, 2.05) is 0 Å². The molecular weight excluding hydrogens is 262 g/mol. The van der Waals surface area contributed by atoms with E-state index in [4.69, 9.17) is 11.6 Å². The lowest BCUT2D eigenvalue weighted by Gasteiger charge is -2.24. The topological polar surface area (TPSA) is 12.0 Å². The molecule has 0 spiro atoms. The Morgan fingerprint density at radius 3 is 2.94 bits per heavy atom. The van der Waals surface area contributed by atoms with E-state index in [0.29, 0.717) is 6.04 Å². The Balaban J connectivity index is 2.07. The van der Waals surface area contributed by atoms with E-state index < -0.39 is 0 Å². The molecule has 0 saturated carbocycles. The first kappa shape index (κ1) is 14.2. The maximum absolute atomic E-state index is 6.35. The molecule has 0 bridgehead atoms. The molecule has 1 heterocycles. The number of nitrogens with one attached hydrogen (secondary N) is 1. The highest BCUT2D eigenvalue weighted by Crippen LogP contribution is 2.29. The molecule has 18 heavy (non-hydrogen) atoms. The van der Waals surface area contributed by atoms with Gasteiger partial charge in [0.05, 0.1) is 0 Å². The summed E-state index contributed by atoms with van der Waals surface area (Å²) in [4.78, 5) is 0. The molecule has 0 radical (unpaired) electrons. The monoisotopic (exact) mass is 283 g/mol. The zero-order chi connectivity index (χ0) is 13.0.